The molecule has 4 heteroatoms. The molecule has 0 spiro atoms. The van der Waals surface area contributed by atoms with Crippen LogP contribution in [0.3, 0.4) is 0 Å². The van der Waals surface area contributed by atoms with Crippen molar-refractivity contribution in [3.05, 3.63) is 16.1 Å². The van der Waals surface area contributed by atoms with Crippen LogP contribution in [0.4, 0.5) is 0 Å². The zero-order valence-electron chi connectivity index (χ0n) is 12.1. The smallest absolute Gasteiger partial charge is 0.122 e. The van der Waals surface area contributed by atoms with Gasteiger partial charge in [0.05, 0.1) is 17.7 Å². The number of thiazole rings is 1. The summed E-state index contributed by atoms with van der Waals surface area (Å²) in [5.74, 6) is 2.10. The molecule has 1 aliphatic carbocycles. The Morgan fingerprint density at radius 1 is 1.42 bits per heavy atom. The van der Waals surface area contributed by atoms with Gasteiger partial charge in [0.2, 0.25) is 0 Å². The van der Waals surface area contributed by atoms with Crippen molar-refractivity contribution in [2.45, 2.75) is 64.5 Å². The van der Waals surface area contributed by atoms with Crippen molar-refractivity contribution in [2.75, 3.05) is 0 Å². The maximum absolute atomic E-state index is 6.31. The Balaban J connectivity index is 1.95. The van der Waals surface area contributed by atoms with E-state index in [2.05, 4.69) is 25.8 Å². The first-order valence-corrected chi connectivity index (χ1v) is 8.71. The van der Waals surface area contributed by atoms with Gasteiger partial charge in [-0.15, -0.1) is 22.9 Å². The number of nitrogens with zero attached hydrogens (tertiary/aromatic N) is 1. The molecule has 0 radical (unpaired) electrons. The molecule has 1 aromatic rings. The fourth-order valence-electron chi connectivity index (χ4n) is 2.71. The van der Waals surface area contributed by atoms with Crippen molar-refractivity contribution in [1.29, 1.82) is 0 Å². The van der Waals surface area contributed by atoms with Gasteiger partial charge in [-0.05, 0) is 37.5 Å². The minimum absolute atomic E-state index is 0.146. The number of hydrogen-bond donors (Lipinski definition) is 0. The average Bonchev–Trinajstić information content (AvgIpc) is 2.88. The Morgan fingerprint density at radius 3 is 2.79 bits per heavy atom. The molecule has 1 saturated carbocycles. The molecule has 0 aromatic carbocycles. The Morgan fingerprint density at radius 2 is 2.21 bits per heavy atom. The first-order chi connectivity index (χ1) is 9.13. The Hall–Kier alpha value is -0.120. The van der Waals surface area contributed by atoms with E-state index in [1.807, 2.05) is 5.38 Å². The molecule has 19 heavy (non-hydrogen) atoms. The number of rotatable bonds is 5. The van der Waals surface area contributed by atoms with Gasteiger partial charge in [-0.1, -0.05) is 20.8 Å². The number of alkyl halides is 1. The molecule has 4 atom stereocenters. The molecule has 0 saturated heterocycles. The summed E-state index contributed by atoms with van der Waals surface area (Å²) in [6.07, 6.45) is 5.19. The SMILES string of the molecule is CCC(OC1CCC(C)C(C)C1)c1nc(CCl)cs1. The van der Waals surface area contributed by atoms with Crippen molar-refractivity contribution in [3.63, 3.8) is 0 Å². The number of hydrogen-bond acceptors (Lipinski definition) is 3. The van der Waals surface area contributed by atoms with Gasteiger partial charge in [0.25, 0.3) is 0 Å². The van der Waals surface area contributed by atoms with Gasteiger partial charge in [-0.25, -0.2) is 4.98 Å². The molecule has 0 aliphatic heterocycles. The molecule has 2 nitrogen and oxygen atoms in total. The average molecular weight is 302 g/mol. The molecule has 1 aromatic heterocycles. The third-order valence-electron chi connectivity index (χ3n) is 4.26. The molecule has 4 unspecified atom stereocenters. The normalized spacial score (nSPS) is 29.4. The number of ether oxygens (including phenoxy) is 1. The molecule has 0 bridgehead atoms. The van der Waals surface area contributed by atoms with E-state index in [1.54, 1.807) is 11.3 Å². The van der Waals surface area contributed by atoms with E-state index in [9.17, 15) is 0 Å². The van der Waals surface area contributed by atoms with Crippen LogP contribution in [0, 0.1) is 11.8 Å². The number of halogens is 1. The predicted molar refractivity (Wildman–Crippen MR) is 81.8 cm³/mol. The fourth-order valence-corrected chi connectivity index (χ4v) is 3.88. The van der Waals surface area contributed by atoms with Gasteiger partial charge in [0.15, 0.2) is 0 Å². The van der Waals surface area contributed by atoms with Gasteiger partial charge in [-0.3, -0.25) is 0 Å². The van der Waals surface area contributed by atoms with Crippen LogP contribution in [-0.2, 0) is 10.6 Å². The Bertz CT molecular complexity index is 395. The Kier molecular flexibility index (Phi) is 5.67. The molecule has 2 rings (SSSR count). The van der Waals surface area contributed by atoms with Gasteiger partial charge < -0.3 is 4.74 Å². The first-order valence-electron chi connectivity index (χ1n) is 7.29. The zero-order valence-corrected chi connectivity index (χ0v) is 13.6. The lowest BCUT2D eigenvalue weighted by molar-refractivity contribution is -0.0503. The summed E-state index contributed by atoms with van der Waals surface area (Å²) in [6.45, 7) is 6.86. The van der Waals surface area contributed by atoms with Crippen LogP contribution in [0.25, 0.3) is 0 Å². The van der Waals surface area contributed by atoms with Crippen molar-refractivity contribution in [3.8, 4) is 0 Å². The van der Waals surface area contributed by atoms with E-state index in [-0.39, 0.29) is 6.10 Å². The highest BCUT2D eigenvalue weighted by molar-refractivity contribution is 7.09. The highest BCUT2D eigenvalue weighted by Crippen LogP contribution is 2.35. The second-order valence-corrected chi connectivity index (χ2v) is 6.89. The Labute approximate surface area is 125 Å². The molecule has 1 fully saturated rings. The fraction of sp³-hybridized carbons (Fsp3) is 0.800. The molecular formula is C15H24ClNOS. The van der Waals surface area contributed by atoms with Gasteiger partial charge in [0.1, 0.15) is 11.1 Å². The topological polar surface area (TPSA) is 22.1 Å². The second kappa shape index (κ2) is 7.05. The van der Waals surface area contributed by atoms with Crippen LogP contribution >= 0.6 is 22.9 Å². The van der Waals surface area contributed by atoms with E-state index >= 15 is 0 Å². The van der Waals surface area contributed by atoms with Crippen molar-refractivity contribution in [2.24, 2.45) is 11.8 Å². The summed E-state index contributed by atoms with van der Waals surface area (Å²) in [5, 5.41) is 3.13. The van der Waals surface area contributed by atoms with Crippen LogP contribution in [0.5, 0.6) is 0 Å². The molecule has 0 amide bonds. The summed E-state index contributed by atoms with van der Waals surface area (Å²) in [6, 6.07) is 0. The largest absolute Gasteiger partial charge is 0.368 e. The summed E-state index contributed by atoms with van der Waals surface area (Å²) < 4.78 is 6.31. The molecule has 0 N–H and O–H groups in total. The predicted octanol–water partition coefficient (Wildman–Crippen LogP) is 5.17. The third-order valence-corrected chi connectivity index (χ3v) is 5.52. The van der Waals surface area contributed by atoms with E-state index in [0.717, 1.165) is 29.0 Å². The lowest BCUT2D eigenvalue weighted by atomic mass is 9.80. The van der Waals surface area contributed by atoms with E-state index in [1.165, 1.54) is 19.3 Å². The summed E-state index contributed by atoms with van der Waals surface area (Å²) in [7, 11) is 0. The van der Waals surface area contributed by atoms with E-state index < -0.39 is 0 Å². The summed E-state index contributed by atoms with van der Waals surface area (Å²) in [4.78, 5) is 4.56. The quantitative estimate of drug-likeness (QED) is 0.700. The van der Waals surface area contributed by atoms with Crippen molar-refractivity contribution in [1.82, 2.24) is 4.98 Å². The molecular weight excluding hydrogens is 278 g/mol. The van der Waals surface area contributed by atoms with E-state index in [0.29, 0.717) is 12.0 Å². The van der Waals surface area contributed by atoms with Crippen molar-refractivity contribution < 1.29 is 4.74 Å². The lowest BCUT2D eigenvalue weighted by Gasteiger charge is -2.33. The van der Waals surface area contributed by atoms with Crippen LogP contribution < -0.4 is 0 Å². The minimum Gasteiger partial charge on any atom is -0.368 e. The van der Waals surface area contributed by atoms with Crippen molar-refractivity contribution >= 4 is 22.9 Å². The maximum Gasteiger partial charge on any atom is 0.122 e. The molecule has 1 aliphatic rings. The van der Waals surface area contributed by atoms with Gasteiger partial charge >= 0.3 is 0 Å². The minimum atomic E-state index is 0.146. The summed E-state index contributed by atoms with van der Waals surface area (Å²) in [5.41, 5.74) is 0.967. The standard InChI is InChI=1S/C15H24ClNOS/c1-4-14(15-17-12(8-16)9-19-15)18-13-6-5-10(2)11(3)7-13/h9-11,13-14H,4-8H2,1-3H3. The molecule has 1 heterocycles. The number of aromatic nitrogens is 1. The lowest BCUT2D eigenvalue weighted by Crippen LogP contribution is -2.28. The molecule has 108 valence electrons. The van der Waals surface area contributed by atoms with Crippen LogP contribution in [0.1, 0.15) is 63.3 Å². The monoisotopic (exact) mass is 301 g/mol. The van der Waals surface area contributed by atoms with Gasteiger partial charge in [-0.2, -0.15) is 0 Å². The van der Waals surface area contributed by atoms with Gasteiger partial charge in [0, 0.05) is 5.38 Å². The van der Waals surface area contributed by atoms with E-state index in [4.69, 9.17) is 16.3 Å². The second-order valence-electron chi connectivity index (χ2n) is 5.73. The highest BCUT2D eigenvalue weighted by Gasteiger charge is 2.27. The van der Waals surface area contributed by atoms with Crippen LogP contribution in [-0.4, -0.2) is 11.1 Å². The zero-order chi connectivity index (χ0) is 13.8. The first kappa shape index (κ1) is 15.3. The third kappa shape index (κ3) is 3.93. The maximum atomic E-state index is 6.31. The van der Waals surface area contributed by atoms with Crippen LogP contribution in [0.15, 0.2) is 5.38 Å². The summed E-state index contributed by atoms with van der Waals surface area (Å²) >= 11 is 7.49. The van der Waals surface area contributed by atoms with Crippen LogP contribution in [0.2, 0.25) is 0 Å². The highest BCUT2D eigenvalue weighted by atomic mass is 35.5.